The van der Waals surface area contributed by atoms with Crippen LogP contribution < -0.4 is 5.73 Å². The molecule has 2 N–H and O–H groups in total. The second kappa shape index (κ2) is 5.55. The molecule has 1 heterocycles. The van der Waals surface area contributed by atoms with Crippen LogP contribution in [-0.4, -0.2) is 30.2 Å². The fourth-order valence-electron chi connectivity index (χ4n) is 1.87. The molecule has 0 fully saturated rings. The van der Waals surface area contributed by atoms with E-state index in [9.17, 15) is 13.2 Å². The maximum Gasteiger partial charge on any atom is 0.401 e. The molecule has 0 spiro atoms. The van der Waals surface area contributed by atoms with E-state index in [4.69, 9.17) is 10.2 Å². The zero-order valence-electron chi connectivity index (χ0n) is 9.87. The van der Waals surface area contributed by atoms with E-state index in [1.54, 1.807) is 26.0 Å². The Morgan fingerprint density at radius 2 is 2.12 bits per heavy atom. The van der Waals surface area contributed by atoms with Crippen molar-refractivity contribution in [3.8, 4) is 0 Å². The van der Waals surface area contributed by atoms with Gasteiger partial charge in [0.15, 0.2) is 0 Å². The Labute approximate surface area is 98.4 Å². The number of likely N-dealkylation sites (N-methyl/N-ethyl adjacent to an activating group) is 1. The zero-order chi connectivity index (χ0) is 13.1. The first kappa shape index (κ1) is 14.1. The number of rotatable bonds is 5. The third-order valence-electron chi connectivity index (χ3n) is 2.51. The maximum atomic E-state index is 12.4. The third-order valence-corrected chi connectivity index (χ3v) is 2.51. The van der Waals surface area contributed by atoms with Gasteiger partial charge in [0.25, 0.3) is 0 Å². The predicted molar refractivity (Wildman–Crippen MR) is 58.4 cm³/mol. The van der Waals surface area contributed by atoms with Crippen LogP contribution in [-0.2, 0) is 0 Å². The molecular formula is C11H17F3N2O. The standard InChI is InChI=1S/C11H17F3N2O/c1-3-16(7-11(12,13)14)10(8(2)15)9-5-4-6-17-9/h4-6,8,10H,3,7,15H2,1-2H3. The molecule has 0 aromatic carbocycles. The minimum atomic E-state index is -4.24. The minimum Gasteiger partial charge on any atom is -0.468 e. The summed E-state index contributed by atoms with van der Waals surface area (Å²) < 4.78 is 42.5. The van der Waals surface area contributed by atoms with Gasteiger partial charge in [-0.25, -0.2) is 0 Å². The molecule has 2 unspecified atom stereocenters. The van der Waals surface area contributed by atoms with Crippen molar-refractivity contribution in [2.75, 3.05) is 13.1 Å². The van der Waals surface area contributed by atoms with E-state index in [0.29, 0.717) is 5.76 Å². The molecule has 1 aromatic rings. The Morgan fingerprint density at radius 1 is 1.47 bits per heavy atom. The SMILES string of the molecule is CCN(CC(F)(F)F)C(c1ccco1)C(C)N. The Balaban J connectivity index is 2.88. The normalized spacial score (nSPS) is 16.2. The molecule has 0 bridgehead atoms. The van der Waals surface area contributed by atoms with Gasteiger partial charge in [-0.15, -0.1) is 0 Å². The summed E-state index contributed by atoms with van der Waals surface area (Å²) >= 11 is 0. The van der Waals surface area contributed by atoms with E-state index >= 15 is 0 Å². The highest BCUT2D eigenvalue weighted by Gasteiger charge is 2.35. The quantitative estimate of drug-likeness (QED) is 0.873. The smallest absolute Gasteiger partial charge is 0.401 e. The van der Waals surface area contributed by atoms with Gasteiger partial charge in [0.2, 0.25) is 0 Å². The molecule has 1 aromatic heterocycles. The summed E-state index contributed by atoms with van der Waals surface area (Å²) in [6.07, 6.45) is -2.80. The van der Waals surface area contributed by atoms with Crippen molar-refractivity contribution >= 4 is 0 Å². The Kier molecular flexibility index (Phi) is 4.59. The molecule has 0 aliphatic rings. The lowest BCUT2D eigenvalue weighted by atomic mass is 10.1. The van der Waals surface area contributed by atoms with Crippen LogP contribution in [0.3, 0.4) is 0 Å². The van der Waals surface area contributed by atoms with Gasteiger partial charge < -0.3 is 10.2 Å². The second-order valence-corrected chi connectivity index (χ2v) is 4.00. The highest BCUT2D eigenvalue weighted by molar-refractivity contribution is 5.07. The number of nitrogens with zero attached hydrogens (tertiary/aromatic N) is 1. The van der Waals surface area contributed by atoms with E-state index in [1.807, 2.05) is 0 Å². The minimum absolute atomic E-state index is 0.256. The van der Waals surface area contributed by atoms with E-state index in [2.05, 4.69) is 0 Å². The second-order valence-electron chi connectivity index (χ2n) is 4.00. The average Bonchev–Trinajstić information content (AvgIpc) is 2.67. The van der Waals surface area contributed by atoms with Gasteiger partial charge in [-0.3, -0.25) is 4.90 Å². The number of alkyl halides is 3. The van der Waals surface area contributed by atoms with Gasteiger partial charge in [-0.05, 0) is 25.6 Å². The molecule has 1 rings (SSSR count). The summed E-state index contributed by atoms with van der Waals surface area (Å²) in [4.78, 5) is 1.27. The van der Waals surface area contributed by atoms with E-state index in [-0.39, 0.29) is 6.54 Å². The number of halogens is 3. The lowest BCUT2D eigenvalue weighted by Gasteiger charge is -2.32. The van der Waals surface area contributed by atoms with Crippen molar-refractivity contribution in [1.29, 1.82) is 0 Å². The van der Waals surface area contributed by atoms with Gasteiger partial charge in [-0.1, -0.05) is 6.92 Å². The number of nitrogens with two attached hydrogens (primary N) is 1. The largest absolute Gasteiger partial charge is 0.468 e. The molecule has 0 radical (unpaired) electrons. The Hall–Kier alpha value is -1.01. The van der Waals surface area contributed by atoms with Crippen molar-refractivity contribution in [2.45, 2.75) is 32.1 Å². The van der Waals surface area contributed by atoms with Crippen LogP contribution in [0.15, 0.2) is 22.8 Å². The molecule has 17 heavy (non-hydrogen) atoms. The Morgan fingerprint density at radius 3 is 2.47 bits per heavy atom. The van der Waals surface area contributed by atoms with Gasteiger partial charge in [0.05, 0.1) is 18.8 Å². The van der Waals surface area contributed by atoms with Crippen LogP contribution in [0.2, 0.25) is 0 Å². The molecule has 0 aliphatic carbocycles. The first-order valence-corrected chi connectivity index (χ1v) is 5.45. The van der Waals surface area contributed by atoms with Crippen LogP contribution in [0.4, 0.5) is 13.2 Å². The van der Waals surface area contributed by atoms with Crippen LogP contribution in [0.5, 0.6) is 0 Å². The molecule has 3 nitrogen and oxygen atoms in total. The van der Waals surface area contributed by atoms with Crippen LogP contribution in [0.25, 0.3) is 0 Å². The van der Waals surface area contributed by atoms with Crippen LogP contribution in [0, 0.1) is 0 Å². The summed E-state index contributed by atoms with van der Waals surface area (Å²) in [6, 6.07) is 2.29. The molecule has 0 amide bonds. The van der Waals surface area contributed by atoms with Crippen molar-refractivity contribution in [3.05, 3.63) is 24.2 Å². The molecular weight excluding hydrogens is 233 g/mol. The van der Waals surface area contributed by atoms with Gasteiger partial charge >= 0.3 is 6.18 Å². The van der Waals surface area contributed by atoms with Gasteiger partial charge in [0, 0.05) is 6.04 Å². The molecule has 0 aliphatic heterocycles. The molecule has 0 saturated carbocycles. The fourth-order valence-corrected chi connectivity index (χ4v) is 1.87. The Bertz CT molecular complexity index is 322. The zero-order valence-corrected chi connectivity index (χ0v) is 9.87. The molecule has 98 valence electrons. The van der Waals surface area contributed by atoms with Crippen LogP contribution >= 0.6 is 0 Å². The molecule has 0 saturated heterocycles. The van der Waals surface area contributed by atoms with Crippen molar-refractivity contribution in [2.24, 2.45) is 5.73 Å². The van der Waals surface area contributed by atoms with Crippen molar-refractivity contribution in [3.63, 3.8) is 0 Å². The van der Waals surface area contributed by atoms with Crippen molar-refractivity contribution in [1.82, 2.24) is 4.90 Å². The van der Waals surface area contributed by atoms with Gasteiger partial charge in [0.1, 0.15) is 5.76 Å². The summed E-state index contributed by atoms with van der Waals surface area (Å²) in [7, 11) is 0. The van der Waals surface area contributed by atoms with E-state index in [0.717, 1.165) is 0 Å². The summed E-state index contributed by atoms with van der Waals surface area (Å²) in [5.74, 6) is 0.464. The molecule has 6 heteroatoms. The van der Waals surface area contributed by atoms with Crippen LogP contribution in [0.1, 0.15) is 25.6 Å². The topological polar surface area (TPSA) is 42.4 Å². The first-order chi connectivity index (χ1) is 7.85. The van der Waals surface area contributed by atoms with Gasteiger partial charge in [-0.2, -0.15) is 13.2 Å². The first-order valence-electron chi connectivity index (χ1n) is 5.45. The number of hydrogen-bond donors (Lipinski definition) is 1. The van der Waals surface area contributed by atoms with E-state index in [1.165, 1.54) is 11.2 Å². The van der Waals surface area contributed by atoms with E-state index < -0.39 is 24.8 Å². The maximum absolute atomic E-state index is 12.4. The lowest BCUT2D eigenvalue weighted by Crippen LogP contribution is -2.43. The summed E-state index contributed by atoms with van der Waals surface area (Å²) in [5, 5.41) is 0. The third kappa shape index (κ3) is 4.05. The fraction of sp³-hybridized carbons (Fsp3) is 0.636. The molecule has 2 atom stereocenters. The lowest BCUT2D eigenvalue weighted by molar-refractivity contribution is -0.152. The number of hydrogen-bond acceptors (Lipinski definition) is 3. The van der Waals surface area contributed by atoms with Crippen molar-refractivity contribution < 1.29 is 17.6 Å². The average molecular weight is 250 g/mol. The highest BCUT2D eigenvalue weighted by atomic mass is 19.4. The monoisotopic (exact) mass is 250 g/mol. The predicted octanol–water partition coefficient (Wildman–Crippen LogP) is 2.55. The summed E-state index contributed by atoms with van der Waals surface area (Å²) in [6.45, 7) is 2.61. The summed E-state index contributed by atoms with van der Waals surface area (Å²) in [5.41, 5.74) is 5.75. The highest BCUT2D eigenvalue weighted by Crippen LogP contribution is 2.27. The number of furan rings is 1.